The molecule has 17 heavy (non-hydrogen) atoms. The molecule has 0 N–H and O–H groups in total. The second-order valence-electron chi connectivity index (χ2n) is 3.78. The number of alkyl halides is 1. The number of aromatic nitrogens is 2. The average molecular weight is 320 g/mol. The van der Waals surface area contributed by atoms with E-state index < -0.39 is 0 Å². The van der Waals surface area contributed by atoms with Crippen LogP contribution in [0.3, 0.4) is 0 Å². The molecule has 0 saturated carbocycles. The van der Waals surface area contributed by atoms with Crippen LogP contribution in [0.2, 0.25) is 0 Å². The van der Waals surface area contributed by atoms with Crippen LogP contribution in [0.4, 0.5) is 0 Å². The summed E-state index contributed by atoms with van der Waals surface area (Å²) in [5.41, 5.74) is 0.846. The van der Waals surface area contributed by atoms with Crippen LogP contribution in [0.15, 0.2) is 0 Å². The van der Waals surface area contributed by atoms with Gasteiger partial charge in [0.2, 0.25) is 0 Å². The Balaban J connectivity index is 2.80. The summed E-state index contributed by atoms with van der Waals surface area (Å²) >= 11 is 4.59. The van der Waals surface area contributed by atoms with E-state index in [0.717, 1.165) is 43.4 Å². The Hall–Kier alpha value is -0.490. The van der Waals surface area contributed by atoms with Crippen LogP contribution in [0, 0.1) is 0 Å². The first kappa shape index (κ1) is 14.6. The molecule has 96 valence electrons. The van der Waals surface area contributed by atoms with E-state index in [4.69, 9.17) is 0 Å². The zero-order chi connectivity index (χ0) is 12.7. The van der Waals surface area contributed by atoms with Crippen LogP contribution in [0.1, 0.15) is 42.1 Å². The maximum absolute atomic E-state index is 12.3. The number of carbonyl (C=O) groups is 1. The largest absolute Gasteiger partial charge is 0.337 e. The first-order valence-electron chi connectivity index (χ1n) is 5.91. The normalized spacial score (nSPS) is 10.5. The highest BCUT2D eigenvalue weighted by Gasteiger charge is 2.20. The van der Waals surface area contributed by atoms with Crippen LogP contribution >= 0.6 is 27.5 Å². The fraction of sp³-hybridized carbons (Fsp3) is 0.727. The monoisotopic (exact) mass is 319 g/mol. The highest BCUT2D eigenvalue weighted by atomic mass is 79.9. The lowest BCUT2D eigenvalue weighted by Crippen LogP contribution is -2.33. The Kier molecular flexibility index (Phi) is 6.65. The molecule has 0 aromatic carbocycles. The molecule has 1 heterocycles. The molecule has 6 heteroatoms. The highest BCUT2D eigenvalue weighted by Crippen LogP contribution is 2.15. The van der Waals surface area contributed by atoms with E-state index in [0.29, 0.717) is 4.88 Å². The number of aryl methyl sites for hydroxylation is 1. The van der Waals surface area contributed by atoms with Crippen molar-refractivity contribution in [2.24, 2.45) is 0 Å². The topological polar surface area (TPSA) is 46.1 Å². The van der Waals surface area contributed by atoms with E-state index in [9.17, 15) is 4.79 Å². The molecule has 0 bridgehead atoms. The molecule has 1 amide bonds. The summed E-state index contributed by atoms with van der Waals surface area (Å²) < 4.78 is 3.90. The van der Waals surface area contributed by atoms with Gasteiger partial charge in [-0.05, 0) is 24.4 Å². The molecule has 0 fully saturated rings. The Labute approximate surface area is 115 Å². The molecule has 0 aliphatic carbocycles. The van der Waals surface area contributed by atoms with Gasteiger partial charge >= 0.3 is 0 Å². The Bertz CT molecular complexity index is 350. The first-order valence-corrected chi connectivity index (χ1v) is 7.80. The van der Waals surface area contributed by atoms with Gasteiger partial charge in [-0.3, -0.25) is 4.79 Å². The number of rotatable bonds is 7. The molecule has 0 saturated heterocycles. The van der Waals surface area contributed by atoms with Gasteiger partial charge in [0.05, 0.1) is 5.69 Å². The number of carbonyl (C=O) groups excluding carboxylic acids is 1. The van der Waals surface area contributed by atoms with E-state index in [1.54, 1.807) is 0 Å². The first-order chi connectivity index (χ1) is 8.24. The zero-order valence-electron chi connectivity index (χ0n) is 10.3. The summed E-state index contributed by atoms with van der Waals surface area (Å²) in [6.07, 6.45) is 2.78. The maximum atomic E-state index is 12.3. The van der Waals surface area contributed by atoms with E-state index in [-0.39, 0.29) is 5.91 Å². The summed E-state index contributed by atoms with van der Waals surface area (Å²) in [7, 11) is 0. The minimum absolute atomic E-state index is 0.0738. The lowest BCUT2D eigenvalue weighted by atomic mass is 10.2. The fourth-order valence-electron chi connectivity index (χ4n) is 1.60. The number of halogens is 1. The summed E-state index contributed by atoms with van der Waals surface area (Å²) in [6, 6.07) is 0. The Morgan fingerprint density at radius 1 is 1.35 bits per heavy atom. The molecular formula is C11H18BrN3OS. The molecule has 1 rings (SSSR count). The molecule has 1 aromatic rings. The van der Waals surface area contributed by atoms with E-state index >= 15 is 0 Å². The van der Waals surface area contributed by atoms with Crippen molar-refractivity contribution in [1.29, 1.82) is 0 Å². The Morgan fingerprint density at radius 3 is 2.71 bits per heavy atom. The smallest absolute Gasteiger partial charge is 0.267 e. The van der Waals surface area contributed by atoms with Crippen LogP contribution in [0.25, 0.3) is 0 Å². The van der Waals surface area contributed by atoms with E-state index in [1.165, 1.54) is 11.5 Å². The summed E-state index contributed by atoms with van der Waals surface area (Å²) in [6.45, 7) is 5.67. The predicted molar refractivity (Wildman–Crippen MR) is 73.9 cm³/mol. The van der Waals surface area contributed by atoms with Crippen molar-refractivity contribution in [1.82, 2.24) is 14.5 Å². The van der Waals surface area contributed by atoms with Gasteiger partial charge in [-0.25, -0.2) is 0 Å². The van der Waals surface area contributed by atoms with Gasteiger partial charge in [0, 0.05) is 18.4 Å². The molecule has 0 spiro atoms. The number of nitrogens with zero attached hydrogens (tertiary/aromatic N) is 3. The average Bonchev–Trinajstić information content (AvgIpc) is 2.77. The standard InChI is InChI=1S/C11H18BrN3OS/c1-3-5-9-10(17-14-13-9)11(16)15(7-4-2)8-6-12/h3-8H2,1-2H3. The number of amides is 1. The Morgan fingerprint density at radius 2 is 2.12 bits per heavy atom. The van der Waals surface area contributed by atoms with Gasteiger partial charge in [0.15, 0.2) is 0 Å². The van der Waals surface area contributed by atoms with Gasteiger partial charge in [-0.15, -0.1) is 5.10 Å². The van der Waals surface area contributed by atoms with E-state index in [1.807, 2.05) is 4.90 Å². The highest BCUT2D eigenvalue weighted by molar-refractivity contribution is 9.09. The molecule has 0 unspecified atom stereocenters. The minimum atomic E-state index is 0.0738. The second kappa shape index (κ2) is 7.76. The van der Waals surface area contributed by atoms with Gasteiger partial charge in [-0.1, -0.05) is 40.7 Å². The van der Waals surface area contributed by atoms with Crippen LogP contribution in [-0.2, 0) is 6.42 Å². The number of hydrogen-bond acceptors (Lipinski definition) is 4. The van der Waals surface area contributed by atoms with Crippen molar-refractivity contribution < 1.29 is 4.79 Å². The van der Waals surface area contributed by atoms with Crippen molar-refractivity contribution in [3.8, 4) is 0 Å². The molecule has 1 aromatic heterocycles. The third kappa shape index (κ3) is 4.03. The van der Waals surface area contributed by atoms with E-state index in [2.05, 4.69) is 39.4 Å². The van der Waals surface area contributed by atoms with Crippen LogP contribution < -0.4 is 0 Å². The van der Waals surface area contributed by atoms with Gasteiger partial charge in [0.1, 0.15) is 4.88 Å². The zero-order valence-corrected chi connectivity index (χ0v) is 12.7. The van der Waals surface area contributed by atoms with Gasteiger partial charge in [-0.2, -0.15) is 0 Å². The molecule has 0 aliphatic heterocycles. The summed E-state index contributed by atoms with van der Waals surface area (Å²) in [5.74, 6) is 0.0738. The summed E-state index contributed by atoms with van der Waals surface area (Å²) in [5, 5.41) is 4.84. The van der Waals surface area contributed by atoms with Crippen molar-refractivity contribution in [2.45, 2.75) is 33.1 Å². The van der Waals surface area contributed by atoms with Gasteiger partial charge < -0.3 is 4.90 Å². The van der Waals surface area contributed by atoms with Gasteiger partial charge in [0.25, 0.3) is 5.91 Å². The fourth-order valence-corrected chi connectivity index (χ4v) is 2.71. The lowest BCUT2D eigenvalue weighted by Gasteiger charge is -2.20. The van der Waals surface area contributed by atoms with Crippen LogP contribution in [-0.4, -0.2) is 38.8 Å². The maximum Gasteiger partial charge on any atom is 0.267 e. The molecule has 0 atom stereocenters. The molecule has 0 radical (unpaired) electrons. The number of hydrogen-bond donors (Lipinski definition) is 0. The molecule has 0 aliphatic rings. The van der Waals surface area contributed by atoms with Crippen molar-refractivity contribution in [3.63, 3.8) is 0 Å². The molecule has 4 nitrogen and oxygen atoms in total. The van der Waals surface area contributed by atoms with Crippen molar-refractivity contribution >= 4 is 33.4 Å². The quantitative estimate of drug-likeness (QED) is 0.726. The minimum Gasteiger partial charge on any atom is -0.337 e. The SMILES string of the molecule is CCCc1nnsc1C(=O)N(CCC)CCBr. The third-order valence-corrected chi connectivity index (χ3v) is 3.48. The molecular weight excluding hydrogens is 302 g/mol. The van der Waals surface area contributed by atoms with Crippen molar-refractivity contribution in [3.05, 3.63) is 10.6 Å². The predicted octanol–water partition coefficient (Wildman–Crippen LogP) is 2.74. The second-order valence-corrected chi connectivity index (χ2v) is 5.33. The van der Waals surface area contributed by atoms with Crippen LogP contribution in [0.5, 0.6) is 0 Å². The lowest BCUT2D eigenvalue weighted by molar-refractivity contribution is 0.0770. The summed E-state index contributed by atoms with van der Waals surface area (Å²) in [4.78, 5) is 14.9. The van der Waals surface area contributed by atoms with Crippen molar-refractivity contribution in [2.75, 3.05) is 18.4 Å². The third-order valence-electron chi connectivity index (χ3n) is 2.37.